The minimum absolute atomic E-state index is 0.0303. The molecule has 2 aromatic rings. The van der Waals surface area contributed by atoms with E-state index in [1.807, 2.05) is 0 Å². The Morgan fingerprint density at radius 2 is 1.62 bits per heavy atom. The van der Waals surface area contributed by atoms with Crippen LogP contribution in [-0.2, 0) is 23.8 Å². The second kappa shape index (κ2) is 17.8. The second-order valence-electron chi connectivity index (χ2n) is 14.9. The number of hydrogen-bond acceptors (Lipinski definition) is 12. The molecule has 5 rings (SSSR count). The van der Waals surface area contributed by atoms with E-state index < -0.39 is 77.3 Å². The summed E-state index contributed by atoms with van der Waals surface area (Å²) in [7, 11) is 1.46. The molecule has 0 spiro atoms. The fourth-order valence-corrected chi connectivity index (χ4v) is 7.48. The number of aliphatic hydroxyl groups excluding tert-OH is 2. The highest BCUT2D eigenvalue weighted by Gasteiger charge is 2.49. The summed E-state index contributed by atoms with van der Waals surface area (Å²) in [6, 6.07) is 1.51. The number of nitrogens with one attached hydrogen (secondary N) is 1. The number of phenols is 2. The number of fused-ring (bicyclic) bond motifs is 14. The third-order valence-corrected chi connectivity index (χ3v) is 10.9. The monoisotopic (exact) mass is 776 g/mol. The molecule has 5 bridgehead atoms. The van der Waals surface area contributed by atoms with Crippen LogP contribution in [0.3, 0.4) is 0 Å². The first-order chi connectivity index (χ1) is 26.3. The lowest BCUT2D eigenvalue weighted by atomic mass is 9.78. The maximum atomic E-state index is 14.5. The molecule has 1 amide bonds. The van der Waals surface area contributed by atoms with E-state index in [-0.39, 0.29) is 57.7 Å². The third-order valence-electron chi connectivity index (χ3n) is 10.9. The molecule has 2 aromatic carbocycles. The molecule has 3 aliphatic heterocycles. The third kappa shape index (κ3) is 8.49. The van der Waals surface area contributed by atoms with Crippen LogP contribution in [0, 0.1) is 30.6 Å². The van der Waals surface area contributed by atoms with Gasteiger partial charge in [0.2, 0.25) is 0 Å². The number of methoxy groups -OCH3 is 1. The van der Waals surface area contributed by atoms with E-state index in [0.717, 1.165) is 0 Å². The Balaban J connectivity index is 1.98. The zero-order chi connectivity index (χ0) is 41.8. The van der Waals surface area contributed by atoms with Crippen LogP contribution < -0.4 is 15.0 Å². The van der Waals surface area contributed by atoms with Crippen molar-refractivity contribution in [1.29, 1.82) is 0 Å². The van der Waals surface area contributed by atoms with Crippen molar-refractivity contribution in [1.82, 2.24) is 0 Å². The number of ketones is 1. The molecular formula is C43H56N2O11. The summed E-state index contributed by atoms with van der Waals surface area (Å²) >= 11 is 0. The predicted molar refractivity (Wildman–Crippen MR) is 215 cm³/mol. The number of hydrogen-bond donors (Lipinski definition) is 5. The lowest BCUT2D eigenvalue weighted by molar-refractivity contribution is -0.160. The minimum atomic E-state index is -1.95. The summed E-state index contributed by atoms with van der Waals surface area (Å²) < 4.78 is 23.8. The van der Waals surface area contributed by atoms with Gasteiger partial charge in [-0.05, 0) is 26.0 Å². The zero-order valence-electron chi connectivity index (χ0n) is 33.7. The summed E-state index contributed by atoms with van der Waals surface area (Å²) in [6.45, 7) is 21.1. The van der Waals surface area contributed by atoms with Gasteiger partial charge >= 0.3 is 11.8 Å². The van der Waals surface area contributed by atoms with Crippen molar-refractivity contribution in [3.05, 3.63) is 78.6 Å². The van der Waals surface area contributed by atoms with E-state index in [0.29, 0.717) is 5.69 Å². The Hall–Kier alpha value is -5.11. The van der Waals surface area contributed by atoms with E-state index in [1.165, 1.54) is 46.3 Å². The zero-order valence-corrected chi connectivity index (χ0v) is 33.7. The van der Waals surface area contributed by atoms with Gasteiger partial charge in [0.25, 0.3) is 11.7 Å². The number of esters is 1. The fourth-order valence-electron chi connectivity index (χ4n) is 7.48. The molecule has 3 aliphatic rings. The van der Waals surface area contributed by atoms with E-state index in [2.05, 4.69) is 18.5 Å². The standard InChI is InChI=1S/C43H56N2O11/c1-12-18-45(19-13-2)30-21-29-38(50)33-32(30)34-40(27(8)37(33)49)56-43(10,41(34)51)54-20-17-31(53-11)24(5)39(55-28(9)46)26(7)36(48)25(6)35(47)22(3)15-14-16-23(4)42(52)44-29/h12-17,20-22,24-26,31,35-36,39,47-50H,1-2,18-19H2,3-11H3,(H,44,52)/b15-14+,20-17+,23-16?. The predicted octanol–water partition coefficient (Wildman–Crippen LogP) is 6.23. The second-order valence-corrected chi connectivity index (χ2v) is 14.9. The number of carbonyl (C=O) groups is 3. The van der Waals surface area contributed by atoms with Gasteiger partial charge in [0.05, 0.1) is 41.2 Å². The molecular weight excluding hydrogens is 720 g/mol. The number of benzene rings is 2. The number of rotatable bonds is 7. The van der Waals surface area contributed by atoms with Gasteiger partial charge < -0.3 is 49.6 Å². The number of aromatic hydroxyl groups is 2. The largest absolute Gasteiger partial charge is 0.507 e. The molecule has 304 valence electrons. The number of nitrogens with zero attached hydrogens (tertiary/aromatic N) is 1. The molecule has 3 heterocycles. The average molecular weight is 777 g/mol. The number of anilines is 2. The Kier molecular flexibility index (Phi) is 13.8. The van der Waals surface area contributed by atoms with Crippen molar-refractivity contribution >= 4 is 39.8 Å². The molecule has 0 aromatic heterocycles. The van der Waals surface area contributed by atoms with Crippen molar-refractivity contribution in [3.63, 3.8) is 0 Å². The lowest BCUT2D eigenvalue weighted by Gasteiger charge is -2.38. The molecule has 9 atom stereocenters. The maximum Gasteiger partial charge on any atom is 0.312 e. The number of phenolic OH excluding ortho intramolecular Hbond substituents is 2. The van der Waals surface area contributed by atoms with Gasteiger partial charge in [-0.1, -0.05) is 58.1 Å². The quantitative estimate of drug-likeness (QED) is 0.122. The van der Waals surface area contributed by atoms with Crippen LogP contribution in [0.15, 0.2) is 67.5 Å². The molecule has 0 saturated heterocycles. The minimum Gasteiger partial charge on any atom is -0.507 e. The van der Waals surface area contributed by atoms with Gasteiger partial charge in [0, 0.05) is 79.9 Å². The molecule has 13 heteroatoms. The topological polar surface area (TPSA) is 184 Å². The summed E-state index contributed by atoms with van der Waals surface area (Å²) in [5.74, 6) is -6.87. The number of carbonyl (C=O) groups excluding carboxylic acids is 3. The molecule has 0 fully saturated rings. The number of ether oxygens (including phenoxy) is 4. The maximum absolute atomic E-state index is 14.5. The van der Waals surface area contributed by atoms with Crippen molar-refractivity contribution in [2.45, 2.75) is 85.6 Å². The SMILES string of the molecule is C=CCN(CC=C)c1cc2c(O)c3c(O)c(C)c4c(c13)C(=O)C(C)(O/C=C/C(OC)C(C)C(OC(C)=O)C(C)C(O)C(C)C(O)C(C)/C=C/C=C(C)C(=O)N2)O4. The number of amides is 1. The molecule has 0 radical (unpaired) electrons. The first-order valence-electron chi connectivity index (χ1n) is 18.7. The Morgan fingerprint density at radius 3 is 2.21 bits per heavy atom. The normalized spacial score (nSPS) is 29.8. The van der Waals surface area contributed by atoms with Crippen LogP contribution in [0.25, 0.3) is 10.8 Å². The van der Waals surface area contributed by atoms with Crippen LogP contribution in [0.5, 0.6) is 17.2 Å². The first-order valence-corrected chi connectivity index (χ1v) is 18.7. The van der Waals surface area contributed by atoms with E-state index >= 15 is 0 Å². The summed E-state index contributed by atoms with van der Waals surface area (Å²) in [4.78, 5) is 42.2. The first kappa shape index (κ1) is 43.6. The van der Waals surface area contributed by atoms with Crippen LogP contribution in [0.2, 0.25) is 0 Å². The Labute approximate surface area is 328 Å². The number of aliphatic hydroxyl groups is 2. The Bertz CT molecular complexity index is 1940. The molecule has 0 saturated carbocycles. The summed E-state index contributed by atoms with van der Waals surface area (Å²) in [6.07, 6.45) is 7.17. The van der Waals surface area contributed by atoms with Gasteiger partial charge in [0.15, 0.2) is 5.75 Å². The van der Waals surface area contributed by atoms with Crippen LogP contribution in [0.4, 0.5) is 11.4 Å². The van der Waals surface area contributed by atoms with Gasteiger partial charge in [0.1, 0.15) is 17.6 Å². The van der Waals surface area contributed by atoms with Crippen molar-refractivity contribution in [2.75, 3.05) is 30.4 Å². The van der Waals surface area contributed by atoms with Gasteiger partial charge in [-0.2, -0.15) is 0 Å². The highest BCUT2D eigenvalue weighted by Crippen LogP contribution is 2.54. The highest BCUT2D eigenvalue weighted by molar-refractivity contribution is 6.23. The number of allylic oxidation sites excluding steroid dienone is 2. The van der Waals surface area contributed by atoms with Crippen molar-refractivity contribution in [2.24, 2.45) is 23.7 Å². The number of Topliss-reactive ketones (excluding diaryl/α,β-unsaturated/α-hetero) is 1. The van der Waals surface area contributed by atoms with Gasteiger partial charge in [-0.15, -0.1) is 13.2 Å². The van der Waals surface area contributed by atoms with Gasteiger partial charge in [-0.25, -0.2) is 0 Å². The fraction of sp³-hybridized carbons (Fsp3) is 0.465. The molecule has 56 heavy (non-hydrogen) atoms. The Morgan fingerprint density at radius 1 is 0.982 bits per heavy atom. The lowest BCUT2D eigenvalue weighted by Crippen LogP contribution is -2.46. The van der Waals surface area contributed by atoms with E-state index in [9.17, 15) is 34.8 Å². The van der Waals surface area contributed by atoms with Gasteiger partial charge in [-0.3, -0.25) is 14.4 Å². The summed E-state index contributed by atoms with van der Waals surface area (Å²) in [5.41, 5.74) is 0.780. The van der Waals surface area contributed by atoms with Crippen molar-refractivity contribution in [3.8, 4) is 17.2 Å². The molecule has 0 aliphatic carbocycles. The van der Waals surface area contributed by atoms with E-state index in [4.69, 9.17) is 18.9 Å². The smallest absolute Gasteiger partial charge is 0.312 e. The average Bonchev–Trinajstić information content (AvgIpc) is 3.42. The summed E-state index contributed by atoms with van der Waals surface area (Å²) in [5, 5.41) is 49.0. The van der Waals surface area contributed by atoms with Crippen LogP contribution in [-0.4, -0.2) is 88.5 Å². The molecule has 13 nitrogen and oxygen atoms in total. The molecule has 9 unspecified atom stereocenters. The molecule has 5 N–H and O–H groups in total. The van der Waals surface area contributed by atoms with E-state index in [1.54, 1.807) is 69.9 Å². The van der Waals surface area contributed by atoms with Crippen molar-refractivity contribution < 1.29 is 53.8 Å². The van der Waals surface area contributed by atoms with Crippen LogP contribution in [0.1, 0.15) is 64.4 Å². The highest BCUT2D eigenvalue weighted by atomic mass is 16.7. The van der Waals surface area contributed by atoms with Crippen LogP contribution >= 0.6 is 0 Å².